The number of anilines is 1. The lowest BCUT2D eigenvalue weighted by molar-refractivity contribution is -0.384. The number of non-ortho nitro benzene ring substituents is 1. The van der Waals surface area contributed by atoms with Gasteiger partial charge in [-0.1, -0.05) is 25.1 Å². The van der Waals surface area contributed by atoms with E-state index in [1.54, 1.807) is 30.3 Å². The minimum Gasteiger partial charge on any atom is -0.266 e. The Morgan fingerprint density at radius 2 is 1.88 bits per heavy atom. The summed E-state index contributed by atoms with van der Waals surface area (Å²) in [4.78, 5) is 10.7. The van der Waals surface area contributed by atoms with Crippen molar-refractivity contribution in [1.82, 2.24) is 0 Å². The summed E-state index contributed by atoms with van der Waals surface area (Å²) < 4.78 is 27.3. The van der Waals surface area contributed by atoms with Crippen LogP contribution in [0.3, 0.4) is 0 Å². The average Bonchev–Trinajstić information content (AvgIpc) is 2.60. The molecule has 1 heterocycles. The SMILES string of the molecule is CCc1ccc(S(=O)(=O)N2CCCc3ccc([N+](=O)[O-])cc32)cc1. The van der Waals surface area contributed by atoms with Crippen LogP contribution in [0.2, 0.25) is 0 Å². The summed E-state index contributed by atoms with van der Waals surface area (Å²) in [6.07, 6.45) is 2.24. The van der Waals surface area contributed by atoms with E-state index in [4.69, 9.17) is 0 Å². The molecular formula is C17H18N2O4S. The highest BCUT2D eigenvalue weighted by atomic mass is 32.2. The molecule has 0 amide bonds. The number of benzene rings is 2. The fourth-order valence-electron chi connectivity index (χ4n) is 2.92. The topological polar surface area (TPSA) is 80.5 Å². The van der Waals surface area contributed by atoms with E-state index in [2.05, 4.69) is 0 Å². The summed E-state index contributed by atoms with van der Waals surface area (Å²) in [6.45, 7) is 2.33. The molecule has 0 aliphatic carbocycles. The molecule has 3 rings (SSSR count). The summed E-state index contributed by atoms with van der Waals surface area (Å²) in [7, 11) is -3.73. The van der Waals surface area contributed by atoms with E-state index in [1.807, 2.05) is 6.92 Å². The summed E-state index contributed by atoms with van der Waals surface area (Å²) in [5.74, 6) is 0. The number of hydrogen-bond acceptors (Lipinski definition) is 4. The third-order valence-corrected chi connectivity index (χ3v) is 6.10. The van der Waals surface area contributed by atoms with Gasteiger partial charge in [0.25, 0.3) is 15.7 Å². The van der Waals surface area contributed by atoms with Crippen molar-refractivity contribution in [3.05, 3.63) is 63.7 Å². The second-order valence-corrected chi connectivity index (χ2v) is 7.61. The smallest absolute Gasteiger partial charge is 0.266 e. The van der Waals surface area contributed by atoms with Gasteiger partial charge in [-0.25, -0.2) is 8.42 Å². The maximum absolute atomic E-state index is 13.0. The minimum absolute atomic E-state index is 0.0998. The zero-order valence-corrected chi connectivity index (χ0v) is 14.1. The molecule has 0 saturated heterocycles. The van der Waals surface area contributed by atoms with Gasteiger partial charge < -0.3 is 0 Å². The predicted octanol–water partition coefficient (Wildman–Crippen LogP) is 3.30. The molecule has 0 aromatic heterocycles. The van der Waals surface area contributed by atoms with E-state index >= 15 is 0 Å². The quantitative estimate of drug-likeness (QED) is 0.628. The van der Waals surface area contributed by atoms with Gasteiger partial charge in [-0.2, -0.15) is 0 Å². The largest absolute Gasteiger partial charge is 0.271 e. The molecule has 0 unspecified atom stereocenters. The maximum atomic E-state index is 13.0. The molecule has 6 nitrogen and oxygen atoms in total. The van der Waals surface area contributed by atoms with Gasteiger partial charge in [-0.3, -0.25) is 14.4 Å². The highest BCUT2D eigenvalue weighted by Gasteiger charge is 2.30. The normalized spacial score (nSPS) is 14.3. The fourth-order valence-corrected chi connectivity index (χ4v) is 4.45. The van der Waals surface area contributed by atoms with Gasteiger partial charge in [0.2, 0.25) is 0 Å². The Kier molecular flexibility index (Phi) is 4.28. The van der Waals surface area contributed by atoms with Crippen molar-refractivity contribution in [2.75, 3.05) is 10.8 Å². The first kappa shape index (κ1) is 16.4. The van der Waals surface area contributed by atoms with E-state index < -0.39 is 14.9 Å². The van der Waals surface area contributed by atoms with Gasteiger partial charge in [0, 0.05) is 18.7 Å². The first-order valence-electron chi connectivity index (χ1n) is 7.82. The van der Waals surface area contributed by atoms with Gasteiger partial charge in [0.05, 0.1) is 15.5 Å². The zero-order chi connectivity index (χ0) is 17.3. The second kappa shape index (κ2) is 6.24. The molecule has 0 atom stereocenters. The van der Waals surface area contributed by atoms with Gasteiger partial charge in [0.15, 0.2) is 0 Å². The van der Waals surface area contributed by atoms with E-state index in [0.29, 0.717) is 25.1 Å². The minimum atomic E-state index is -3.73. The highest BCUT2D eigenvalue weighted by molar-refractivity contribution is 7.92. The van der Waals surface area contributed by atoms with Crippen LogP contribution in [0.4, 0.5) is 11.4 Å². The number of rotatable bonds is 4. The molecule has 0 spiro atoms. The summed E-state index contributed by atoms with van der Waals surface area (Å²) in [6, 6.07) is 11.2. The summed E-state index contributed by atoms with van der Waals surface area (Å²) >= 11 is 0. The third kappa shape index (κ3) is 2.87. The van der Waals surface area contributed by atoms with Gasteiger partial charge in [-0.05, 0) is 42.5 Å². The van der Waals surface area contributed by atoms with Crippen molar-refractivity contribution >= 4 is 21.4 Å². The standard InChI is InChI=1S/C17H18N2O4S/c1-2-13-5-9-16(10-6-13)24(22,23)18-11-3-4-14-7-8-15(19(20)21)12-17(14)18/h5-10,12H,2-4,11H2,1H3. The van der Waals surface area contributed by atoms with Crippen LogP contribution in [0.25, 0.3) is 0 Å². The lowest BCUT2D eigenvalue weighted by Gasteiger charge is -2.30. The van der Waals surface area contributed by atoms with Crippen molar-refractivity contribution in [2.45, 2.75) is 31.1 Å². The molecule has 24 heavy (non-hydrogen) atoms. The Bertz CT molecular complexity index is 876. The van der Waals surface area contributed by atoms with Crippen LogP contribution in [0.15, 0.2) is 47.4 Å². The van der Waals surface area contributed by atoms with Gasteiger partial charge in [0.1, 0.15) is 0 Å². The summed E-state index contributed by atoms with van der Waals surface area (Å²) in [5.41, 5.74) is 2.19. The molecule has 1 aliphatic heterocycles. The first-order chi connectivity index (χ1) is 11.4. The van der Waals surface area contributed by atoms with E-state index in [-0.39, 0.29) is 10.6 Å². The van der Waals surface area contributed by atoms with Crippen LogP contribution in [0.1, 0.15) is 24.5 Å². The summed E-state index contributed by atoms with van der Waals surface area (Å²) in [5, 5.41) is 11.0. The van der Waals surface area contributed by atoms with E-state index in [9.17, 15) is 18.5 Å². The van der Waals surface area contributed by atoms with Crippen LogP contribution < -0.4 is 4.31 Å². The molecular weight excluding hydrogens is 328 g/mol. The number of fused-ring (bicyclic) bond motifs is 1. The van der Waals surface area contributed by atoms with Crippen molar-refractivity contribution in [2.24, 2.45) is 0 Å². The van der Waals surface area contributed by atoms with E-state index in [1.165, 1.54) is 16.4 Å². The lowest BCUT2D eigenvalue weighted by Crippen LogP contribution is -2.35. The molecule has 0 bridgehead atoms. The number of hydrogen-bond donors (Lipinski definition) is 0. The third-order valence-electron chi connectivity index (χ3n) is 4.28. The number of nitrogens with zero attached hydrogens (tertiary/aromatic N) is 2. The molecule has 7 heteroatoms. The number of nitro benzene ring substituents is 1. The molecule has 0 N–H and O–H groups in total. The molecule has 0 fully saturated rings. The molecule has 0 radical (unpaired) electrons. The van der Waals surface area contributed by atoms with Gasteiger partial charge in [-0.15, -0.1) is 0 Å². The van der Waals surface area contributed by atoms with Crippen LogP contribution in [-0.4, -0.2) is 19.9 Å². The Morgan fingerprint density at radius 1 is 1.17 bits per heavy atom. The lowest BCUT2D eigenvalue weighted by atomic mass is 10.0. The predicted molar refractivity (Wildman–Crippen MR) is 91.8 cm³/mol. The first-order valence-corrected chi connectivity index (χ1v) is 9.26. The second-order valence-electron chi connectivity index (χ2n) is 5.75. The maximum Gasteiger partial charge on any atom is 0.271 e. The highest BCUT2D eigenvalue weighted by Crippen LogP contribution is 2.34. The Balaban J connectivity index is 2.06. The van der Waals surface area contributed by atoms with Crippen LogP contribution in [0, 0.1) is 10.1 Å². The number of aryl methyl sites for hydroxylation is 2. The monoisotopic (exact) mass is 346 g/mol. The Morgan fingerprint density at radius 3 is 2.50 bits per heavy atom. The van der Waals surface area contributed by atoms with E-state index in [0.717, 1.165) is 17.5 Å². The van der Waals surface area contributed by atoms with Crippen molar-refractivity contribution in [3.63, 3.8) is 0 Å². The Labute approximate surface area is 140 Å². The molecule has 1 aliphatic rings. The van der Waals surface area contributed by atoms with Crippen molar-refractivity contribution in [3.8, 4) is 0 Å². The Hall–Kier alpha value is -2.41. The number of sulfonamides is 1. The average molecular weight is 346 g/mol. The molecule has 2 aromatic carbocycles. The fraction of sp³-hybridized carbons (Fsp3) is 0.294. The molecule has 0 saturated carbocycles. The van der Waals surface area contributed by atoms with Crippen LogP contribution in [-0.2, 0) is 22.9 Å². The zero-order valence-electron chi connectivity index (χ0n) is 13.3. The van der Waals surface area contributed by atoms with Crippen molar-refractivity contribution < 1.29 is 13.3 Å². The number of nitro groups is 1. The van der Waals surface area contributed by atoms with Gasteiger partial charge >= 0.3 is 0 Å². The van der Waals surface area contributed by atoms with Crippen molar-refractivity contribution in [1.29, 1.82) is 0 Å². The van der Waals surface area contributed by atoms with Crippen LogP contribution in [0.5, 0.6) is 0 Å². The molecule has 126 valence electrons. The molecule has 2 aromatic rings. The van der Waals surface area contributed by atoms with Crippen LogP contribution >= 0.6 is 0 Å².